The molecule has 1 atom stereocenters. The van der Waals surface area contributed by atoms with Gasteiger partial charge in [0.05, 0.1) is 0 Å². The molecule has 0 aromatic carbocycles. The predicted octanol–water partition coefficient (Wildman–Crippen LogP) is -0.0282. The van der Waals surface area contributed by atoms with Gasteiger partial charge < -0.3 is 4.80 Å². The lowest BCUT2D eigenvalue weighted by molar-refractivity contribution is 0.603. The summed E-state index contributed by atoms with van der Waals surface area (Å²) in [5.41, 5.74) is 0. The minimum atomic E-state index is -0.963. The van der Waals surface area contributed by atoms with Crippen LogP contribution in [-0.2, 0) is 0 Å². The largest absolute Gasteiger partial charge is 0.428 e. The molecule has 0 aromatic heterocycles. The molecule has 0 fully saturated rings. The molecule has 0 saturated heterocycles. The molecule has 0 spiro atoms. The van der Waals surface area contributed by atoms with E-state index in [4.69, 9.17) is 4.80 Å². The van der Waals surface area contributed by atoms with Crippen molar-refractivity contribution in [1.82, 2.24) is 0 Å². The lowest BCUT2D eigenvalue weighted by Gasteiger charge is -1.74. The summed E-state index contributed by atoms with van der Waals surface area (Å²) < 4.78 is 0. The van der Waals surface area contributed by atoms with Gasteiger partial charge in [-0.1, -0.05) is 0 Å². The van der Waals surface area contributed by atoms with Gasteiger partial charge in [0.1, 0.15) is 0 Å². The molecule has 1 nitrogen and oxygen atoms in total. The van der Waals surface area contributed by atoms with Gasteiger partial charge in [0.15, 0.2) is 0 Å². The first kappa shape index (κ1) is 4.61. The lowest BCUT2D eigenvalue weighted by Crippen LogP contribution is -1.86. The van der Waals surface area contributed by atoms with Crippen molar-refractivity contribution < 1.29 is 4.80 Å². The fourth-order valence-corrected chi connectivity index (χ4v) is 0. The lowest BCUT2D eigenvalue weighted by atomic mass is 11.9. The van der Waals surface area contributed by atoms with Crippen LogP contribution in [0.3, 0.4) is 0 Å². The first-order valence-corrected chi connectivity index (χ1v) is 4.77. The second kappa shape index (κ2) is 1.88. The Morgan fingerprint density at radius 1 is 2.00 bits per heavy atom. The van der Waals surface area contributed by atoms with Crippen LogP contribution in [0.4, 0.5) is 0 Å². The van der Waals surface area contributed by atoms with E-state index in [1.165, 1.54) is 0 Å². The zero-order chi connectivity index (χ0) is 3.58. The molecule has 1 radical (unpaired) electrons. The summed E-state index contributed by atoms with van der Waals surface area (Å²) in [6.07, 6.45) is 0. The van der Waals surface area contributed by atoms with Crippen LogP contribution in [0.2, 0.25) is 6.55 Å². The zero-order valence-electron chi connectivity index (χ0n) is 2.52. The van der Waals surface area contributed by atoms with Crippen LogP contribution < -0.4 is 0 Å². The van der Waals surface area contributed by atoms with Crippen molar-refractivity contribution in [2.45, 2.75) is 6.55 Å². The minimum absolute atomic E-state index is 0.963. The Morgan fingerprint density at radius 3 is 2.00 bits per heavy atom. The number of rotatable bonds is 0. The summed E-state index contributed by atoms with van der Waals surface area (Å²) in [4.78, 5) is 8.12. The highest BCUT2D eigenvalue weighted by Crippen LogP contribution is 1.80. The molecule has 0 aliphatic rings. The third-order valence-corrected chi connectivity index (χ3v) is 0. The molecule has 1 N–H and O–H groups in total. The van der Waals surface area contributed by atoms with Gasteiger partial charge in [-0.25, -0.2) is 0 Å². The van der Waals surface area contributed by atoms with E-state index >= 15 is 0 Å². The summed E-state index contributed by atoms with van der Waals surface area (Å²) in [5, 5.41) is 0. The zero-order valence-corrected chi connectivity index (χ0v) is 4.68. The number of hydrogen-bond donors (Lipinski definition) is 1. The van der Waals surface area contributed by atoms with E-state index in [2.05, 4.69) is 8.79 Å². The third-order valence-electron chi connectivity index (χ3n) is 0. The van der Waals surface area contributed by atoms with Gasteiger partial charge in [-0.15, -0.1) is 8.79 Å². The predicted molar refractivity (Wildman–Crippen MR) is 23.5 cm³/mol. The van der Waals surface area contributed by atoms with Gasteiger partial charge in [0, 0.05) is 0 Å². The van der Waals surface area contributed by atoms with Crippen LogP contribution in [-0.4, -0.2) is 13.5 Å². The number of hydrogen-bond acceptors (Lipinski definition) is 1. The van der Waals surface area contributed by atoms with Crippen LogP contribution in [0, 0.1) is 0 Å². The average molecular weight is 93.1 g/mol. The van der Waals surface area contributed by atoms with E-state index < -0.39 is 8.71 Å². The first-order chi connectivity index (χ1) is 1.73. The molecule has 0 amide bonds. The van der Waals surface area contributed by atoms with Crippen molar-refractivity contribution in [3.63, 3.8) is 0 Å². The van der Waals surface area contributed by atoms with Crippen molar-refractivity contribution in [3.05, 3.63) is 0 Å². The van der Waals surface area contributed by atoms with Gasteiger partial charge in [0.25, 0.3) is 0 Å². The second-order valence-corrected chi connectivity index (χ2v) is 4.43. The van der Waals surface area contributed by atoms with Crippen molar-refractivity contribution in [1.29, 1.82) is 0 Å². The van der Waals surface area contributed by atoms with Gasteiger partial charge in [-0.05, 0) is 6.55 Å². The van der Waals surface area contributed by atoms with Crippen LogP contribution in [0.25, 0.3) is 0 Å². The molecule has 25 valence electrons. The molecule has 0 bridgehead atoms. The standard InChI is InChI=1S/CH6OPSi/c1-4(2)3/h2H,3H2,1H3. The summed E-state index contributed by atoms with van der Waals surface area (Å²) in [6.45, 7) is 1.79. The first-order valence-electron chi connectivity index (χ1n) is 1.01. The van der Waals surface area contributed by atoms with E-state index in [0.717, 1.165) is 0 Å². The molecule has 0 aliphatic carbocycles. The summed E-state index contributed by atoms with van der Waals surface area (Å²) in [5.74, 6) is 0. The Hall–Kier alpha value is 0.607. The molecular formula is CH6OPSi. The highest BCUT2D eigenvalue weighted by Gasteiger charge is 1.77. The minimum Gasteiger partial charge on any atom is -0.428 e. The van der Waals surface area contributed by atoms with Crippen LogP contribution in [0.1, 0.15) is 0 Å². The SMILES string of the molecule is C[Si](O)P. The maximum Gasteiger partial charge on any atom is 0.227 e. The molecule has 3 heteroatoms. The van der Waals surface area contributed by atoms with Crippen LogP contribution >= 0.6 is 8.79 Å². The van der Waals surface area contributed by atoms with E-state index in [1.807, 2.05) is 0 Å². The van der Waals surface area contributed by atoms with E-state index in [1.54, 1.807) is 6.55 Å². The maximum atomic E-state index is 8.12. The van der Waals surface area contributed by atoms with Gasteiger partial charge >= 0.3 is 0 Å². The smallest absolute Gasteiger partial charge is 0.227 e. The summed E-state index contributed by atoms with van der Waals surface area (Å²) in [6, 6.07) is 0. The second-order valence-electron chi connectivity index (χ2n) is 0.641. The summed E-state index contributed by atoms with van der Waals surface area (Å²) >= 11 is 0. The van der Waals surface area contributed by atoms with Crippen molar-refractivity contribution >= 4 is 17.5 Å². The molecule has 0 aliphatic heterocycles. The Morgan fingerprint density at radius 2 is 2.00 bits per heavy atom. The van der Waals surface area contributed by atoms with E-state index in [9.17, 15) is 0 Å². The van der Waals surface area contributed by atoms with Crippen LogP contribution in [0.15, 0.2) is 0 Å². The molecular weight excluding hydrogens is 87.1 g/mol. The fraction of sp³-hybridized carbons (Fsp3) is 1.00. The normalized spacial score (nSPS) is 9.00. The van der Waals surface area contributed by atoms with Crippen molar-refractivity contribution in [2.75, 3.05) is 0 Å². The van der Waals surface area contributed by atoms with E-state index in [0.29, 0.717) is 0 Å². The fourth-order valence-electron chi connectivity index (χ4n) is 0. The van der Waals surface area contributed by atoms with Gasteiger partial charge in [0.2, 0.25) is 8.71 Å². The van der Waals surface area contributed by atoms with Crippen LogP contribution in [0.5, 0.6) is 0 Å². The Kier molecular flexibility index (Phi) is 2.17. The highest BCUT2D eigenvalue weighted by molar-refractivity contribution is 7.59. The quantitative estimate of drug-likeness (QED) is 0.329. The molecule has 1 unspecified atom stereocenters. The molecule has 0 rings (SSSR count). The molecule has 0 saturated carbocycles. The van der Waals surface area contributed by atoms with E-state index in [-0.39, 0.29) is 0 Å². The topological polar surface area (TPSA) is 20.2 Å². The summed E-state index contributed by atoms with van der Waals surface area (Å²) in [7, 11) is 1.35. The third kappa shape index (κ3) is 18.3. The van der Waals surface area contributed by atoms with Gasteiger partial charge in [-0.2, -0.15) is 0 Å². The maximum absolute atomic E-state index is 8.12. The monoisotopic (exact) mass is 93.0 g/mol. The molecule has 4 heavy (non-hydrogen) atoms. The van der Waals surface area contributed by atoms with Crippen molar-refractivity contribution in [2.24, 2.45) is 0 Å². The molecule has 0 heterocycles. The van der Waals surface area contributed by atoms with Gasteiger partial charge in [-0.3, -0.25) is 0 Å². The Balaban J connectivity index is 2.32. The Bertz CT molecular complexity index is 12.8. The average Bonchev–Trinajstić information content (AvgIpc) is 0.811. The van der Waals surface area contributed by atoms with Crippen molar-refractivity contribution in [3.8, 4) is 0 Å². The molecule has 0 aromatic rings. The Labute approximate surface area is 29.8 Å². The highest BCUT2D eigenvalue weighted by atomic mass is 31.3.